The Labute approximate surface area is 210 Å². The van der Waals surface area contributed by atoms with Crippen molar-refractivity contribution in [2.24, 2.45) is 5.16 Å². The van der Waals surface area contributed by atoms with Gasteiger partial charge in [-0.05, 0) is 50.1 Å². The topological polar surface area (TPSA) is 88.5 Å². The van der Waals surface area contributed by atoms with E-state index in [1.807, 2.05) is 6.92 Å². The number of carbonyl (C=O) groups is 3. The van der Waals surface area contributed by atoms with Gasteiger partial charge in [0.1, 0.15) is 17.3 Å². The van der Waals surface area contributed by atoms with E-state index in [1.165, 1.54) is 31.1 Å². The maximum Gasteiger partial charge on any atom is 0.270 e. The van der Waals surface area contributed by atoms with E-state index >= 15 is 0 Å². The van der Waals surface area contributed by atoms with Crippen molar-refractivity contribution in [3.05, 3.63) is 59.4 Å². The summed E-state index contributed by atoms with van der Waals surface area (Å²) in [6.07, 6.45) is 2.17. The molecule has 4 rings (SSSR count). The minimum absolute atomic E-state index is 0. The van der Waals surface area contributed by atoms with Gasteiger partial charge >= 0.3 is 0 Å². The predicted molar refractivity (Wildman–Crippen MR) is 135 cm³/mol. The average molecular weight is 498 g/mol. The van der Waals surface area contributed by atoms with Gasteiger partial charge in [0.2, 0.25) is 12.0 Å². The number of hydrogen-bond donors (Lipinski definition) is 0. The van der Waals surface area contributed by atoms with Crippen LogP contribution in [0.3, 0.4) is 0 Å². The summed E-state index contributed by atoms with van der Waals surface area (Å²) in [5, 5.41) is 4.26. The number of halogens is 1. The third-order valence-electron chi connectivity index (χ3n) is 6.58. The van der Waals surface area contributed by atoms with Crippen LogP contribution in [0, 0.1) is 5.82 Å². The Morgan fingerprint density at radius 1 is 1.31 bits per heavy atom. The minimum Gasteiger partial charge on any atom is -0.495 e. The van der Waals surface area contributed by atoms with Crippen molar-refractivity contribution in [2.45, 2.75) is 52.2 Å². The van der Waals surface area contributed by atoms with Crippen molar-refractivity contribution in [1.82, 2.24) is 4.90 Å². The summed E-state index contributed by atoms with van der Waals surface area (Å²) < 4.78 is 18.8. The van der Waals surface area contributed by atoms with Gasteiger partial charge in [0.05, 0.1) is 31.1 Å². The van der Waals surface area contributed by atoms with E-state index < -0.39 is 5.60 Å². The average Bonchev–Trinajstić information content (AvgIpc) is 3.29. The van der Waals surface area contributed by atoms with Crippen molar-refractivity contribution in [3.8, 4) is 5.75 Å². The molecule has 2 aliphatic rings. The van der Waals surface area contributed by atoms with Gasteiger partial charge in [-0.25, -0.2) is 4.39 Å². The fourth-order valence-electron chi connectivity index (χ4n) is 4.69. The zero-order chi connectivity index (χ0) is 25.2. The van der Waals surface area contributed by atoms with E-state index in [-0.39, 0.29) is 37.5 Å². The Morgan fingerprint density at radius 2 is 2.03 bits per heavy atom. The molecule has 9 heteroatoms. The van der Waals surface area contributed by atoms with Crippen molar-refractivity contribution in [1.29, 1.82) is 0 Å². The molecule has 0 aliphatic carbocycles. The Bertz CT molecular complexity index is 1170. The number of hydrogen-bond acceptors (Lipinski definition) is 6. The Hall–Kier alpha value is -3.75. The van der Waals surface area contributed by atoms with E-state index in [9.17, 15) is 18.8 Å². The van der Waals surface area contributed by atoms with Crippen LogP contribution in [-0.2, 0) is 19.2 Å². The van der Waals surface area contributed by atoms with Gasteiger partial charge in [0, 0.05) is 24.9 Å². The molecule has 0 N–H and O–H groups in total. The van der Waals surface area contributed by atoms with Crippen LogP contribution in [0.4, 0.5) is 10.1 Å². The molecule has 2 aromatic rings. The number of benzene rings is 2. The highest BCUT2D eigenvalue weighted by molar-refractivity contribution is 6.06. The number of carbonyl (C=O) groups excluding carboxylic acids is 3. The van der Waals surface area contributed by atoms with Gasteiger partial charge < -0.3 is 19.4 Å². The third-order valence-corrected chi connectivity index (χ3v) is 6.58. The fourth-order valence-corrected chi connectivity index (χ4v) is 4.69. The number of Topliss-reactive ketones (excluding diaryl/α,β-unsaturated/α-hetero) is 1. The summed E-state index contributed by atoms with van der Waals surface area (Å²) in [5.74, 6) is -0.218. The van der Waals surface area contributed by atoms with Crippen LogP contribution < -0.4 is 9.64 Å². The highest BCUT2D eigenvalue weighted by Crippen LogP contribution is 2.40. The molecule has 0 bridgehead atoms. The van der Waals surface area contributed by atoms with Crippen LogP contribution in [0.1, 0.15) is 57.7 Å². The normalized spacial score (nSPS) is 19.7. The first-order valence-electron chi connectivity index (χ1n) is 11.5. The molecule has 2 aliphatic heterocycles. The summed E-state index contributed by atoms with van der Waals surface area (Å²) >= 11 is 0. The number of ether oxygens (including phenoxy) is 1. The molecule has 8 nitrogen and oxygen atoms in total. The summed E-state index contributed by atoms with van der Waals surface area (Å²) in [6, 6.07) is 11.1. The number of oxime groups is 1. The summed E-state index contributed by atoms with van der Waals surface area (Å²) in [4.78, 5) is 45.4. The zero-order valence-electron chi connectivity index (χ0n) is 20.0. The first kappa shape index (κ1) is 26.8. The molecule has 1 fully saturated rings. The lowest BCUT2D eigenvalue weighted by atomic mass is 9.84. The number of rotatable bonds is 8. The number of likely N-dealkylation sites (tertiary alicyclic amines) is 1. The molecule has 2 unspecified atom stereocenters. The van der Waals surface area contributed by atoms with Gasteiger partial charge in [-0.15, -0.1) is 0 Å². The van der Waals surface area contributed by atoms with Crippen molar-refractivity contribution < 1.29 is 28.3 Å². The first-order valence-corrected chi connectivity index (χ1v) is 11.5. The lowest BCUT2D eigenvalue weighted by Gasteiger charge is -2.40. The highest BCUT2D eigenvalue weighted by Gasteiger charge is 2.51. The summed E-state index contributed by atoms with van der Waals surface area (Å²) in [5.41, 5.74) is 1.53. The standard InChI is InChI=1S/C26H28FN3O5.CH4/c1-17(32)15-29(16-31)23-10-7-20(13-24(23)34-3)22-14-26(35-28-22)11-4-12-30(25(26)33)18(2)19-5-8-21(27)9-6-19;/h5-10,13,16,18H,4,11-12,14-15H2,1-3H3;1H4. The molecular weight excluding hydrogens is 465 g/mol. The number of piperidine rings is 1. The minimum atomic E-state index is -1.09. The molecule has 2 aromatic carbocycles. The van der Waals surface area contributed by atoms with E-state index in [0.717, 1.165) is 12.0 Å². The molecule has 0 saturated carbocycles. The molecule has 192 valence electrons. The smallest absolute Gasteiger partial charge is 0.270 e. The molecule has 2 heterocycles. The maximum absolute atomic E-state index is 13.6. The number of ketones is 1. The van der Waals surface area contributed by atoms with Crippen molar-refractivity contribution >= 4 is 29.5 Å². The van der Waals surface area contributed by atoms with Gasteiger partial charge in [-0.1, -0.05) is 30.8 Å². The van der Waals surface area contributed by atoms with Crippen LogP contribution >= 0.6 is 0 Å². The second-order valence-electron chi connectivity index (χ2n) is 8.95. The van der Waals surface area contributed by atoms with Crippen LogP contribution in [0.25, 0.3) is 0 Å². The Kier molecular flexibility index (Phi) is 8.12. The number of amides is 2. The zero-order valence-corrected chi connectivity index (χ0v) is 20.0. The molecule has 2 amide bonds. The maximum atomic E-state index is 13.6. The van der Waals surface area contributed by atoms with Gasteiger partial charge in [-0.2, -0.15) is 0 Å². The van der Waals surface area contributed by atoms with Gasteiger partial charge in [0.25, 0.3) is 5.91 Å². The molecule has 1 spiro atoms. The quantitative estimate of drug-likeness (QED) is 0.509. The van der Waals surface area contributed by atoms with Gasteiger partial charge in [0.15, 0.2) is 0 Å². The van der Waals surface area contributed by atoms with E-state index in [0.29, 0.717) is 48.5 Å². The van der Waals surface area contributed by atoms with Gasteiger partial charge in [-0.3, -0.25) is 14.4 Å². The van der Waals surface area contributed by atoms with E-state index in [4.69, 9.17) is 9.57 Å². The van der Waals surface area contributed by atoms with Crippen LogP contribution in [0.15, 0.2) is 47.6 Å². The van der Waals surface area contributed by atoms with Crippen molar-refractivity contribution in [2.75, 3.05) is 25.1 Å². The fraction of sp³-hybridized carbons (Fsp3) is 0.407. The molecular formula is C27H32FN3O5. The van der Waals surface area contributed by atoms with Crippen molar-refractivity contribution in [3.63, 3.8) is 0 Å². The van der Waals surface area contributed by atoms with Crippen LogP contribution in [0.2, 0.25) is 0 Å². The van der Waals surface area contributed by atoms with E-state index in [2.05, 4.69) is 5.16 Å². The lowest BCUT2D eigenvalue weighted by molar-refractivity contribution is -0.164. The summed E-state index contributed by atoms with van der Waals surface area (Å²) in [6.45, 7) is 3.84. The largest absolute Gasteiger partial charge is 0.495 e. The second-order valence-corrected chi connectivity index (χ2v) is 8.95. The van der Waals surface area contributed by atoms with Crippen LogP contribution in [0.5, 0.6) is 5.75 Å². The molecule has 0 radical (unpaired) electrons. The number of anilines is 1. The lowest BCUT2D eigenvalue weighted by Crippen LogP contribution is -2.54. The SMILES string of the molecule is C.COc1cc(C2=NOC3(CCCN(C(C)c4ccc(F)cc4)C3=O)C2)ccc1N(C=O)CC(C)=O. The first-order chi connectivity index (χ1) is 16.8. The Balaban J connectivity index is 0.00000361. The monoisotopic (exact) mass is 497 g/mol. The highest BCUT2D eigenvalue weighted by atomic mass is 19.1. The summed E-state index contributed by atoms with van der Waals surface area (Å²) in [7, 11) is 1.48. The second kappa shape index (κ2) is 10.9. The number of nitrogens with zero attached hydrogens (tertiary/aromatic N) is 3. The molecule has 1 saturated heterocycles. The molecule has 0 aromatic heterocycles. The molecule has 36 heavy (non-hydrogen) atoms. The number of methoxy groups -OCH3 is 1. The van der Waals surface area contributed by atoms with E-state index in [1.54, 1.807) is 35.2 Å². The predicted octanol–water partition coefficient (Wildman–Crippen LogP) is 4.27. The van der Waals surface area contributed by atoms with Crippen LogP contribution in [-0.4, -0.2) is 54.5 Å². The Morgan fingerprint density at radius 3 is 2.67 bits per heavy atom. The molecule has 2 atom stereocenters. The third kappa shape index (κ3) is 5.10.